The number of carbonyl (C=O) groups excluding carboxylic acids is 1. The average Bonchev–Trinajstić information content (AvgIpc) is 2.91. The summed E-state index contributed by atoms with van der Waals surface area (Å²) >= 11 is 0. The van der Waals surface area contributed by atoms with Gasteiger partial charge >= 0.3 is 0 Å². The van der Waals surface area contributed by atoms with Gasteiger partial charge in [0.2, 0.25) is 5.91 Å². The number of nitrogens with one attached hydrogen (secondary N) is 2. The maximum Gasteiger partial charge on any atom is 0.228 e. The molecule has 3 atom stereocenters. The lowest BCUT2D eigenvalue weighted by Gasteiger charge is -2.29. The van der Waals surface area contributed by atoms with E-state index in [1.54, 1.807) is 18.6 Å². The zero-order valence-corrected chi connectivity index (χ0v) is 12.5. The summed E-state index contributed by atoms with van der Waals surface area (Å²) in [7, 11) is 1.87. The van der Waals surface area contributed by atoms with Crippen LogP contribution < -0.4 is 10.9 Å². The summed E-state index contributed by atoms with van der Waals surface area (Å²) in [5, 5.41) is 0. The Bertz CT molecular complexity index is 480. The van der Waals surface area contributed by atoms with Crippen LogP contribution in [0.25, 0.3) is 0 Å². The molecule has 1 aromatic rings. The highest BCUT2D eigenvalue weighted by Gasteiger charge is 2.37. The van der Waals surface area contributed by atoms with Crippen molar-refractivity contribution in [2.24, 2.45) is 5.92 Å². The summed E-state index contributed by atoms with van der Waals surface area (Å²) in [6.45, 7) is 0.743. The number of aromatic nitrogens is 2. The van der Waals surface area contributed by atoms with E-state index in [4.69, 9.17) is 0 Å². The largest absolute Gasteiger partial charge is 0.344 e. The van der Waals surface area contributed by atoms with Crippen LogP contribution in [0.1, 0.15) is 31.4 Å². The van der Waals surface area contributed by atoms with E-state index in [0.717, 1.165) is 12.2 Å². The molecule has 114 valence electrons. The molecule has 2 N–H and O–H groups in total. The molecule has 21 heavy (non-hydrogen) atoms. The average molecular weight is 289 g/mol. The molecule has 0 radical (unpaired) electrons. The van der Waals surface area contributed by atoms with Crippen molar-refractivity contribution < 1.29 is 4.79 Å². The number of amides is 1. The molecule has 6 nitrogen and oxygen atoms in total. The fourth-order valence-electron chi connectivity index (χ4n) is 3.43. The van der Waals surface area contributed by atoms with E-state index >= 15 is 0 Å². The van der Waals surface area contributed by atoms with Crippen molar-refractivity contribution >= 4 is 5.91 Å². The van der Waals surface area contributed by atoms with Crippen molar-refractivity contribution in [1.82, 2.24) is 25.7 Å². The van der Waals surface area contributed by atoms with Gasteiger partial charge in [0.05, 0.1) is 12.1 Å². The molecule has 3 rings (SSSR count). The summed E-state index contributed by atoms with van der Waals surface area (Å²) < 4.78 is 0. The molecule has 0 bridgehead atoms. The van der Waals surface area contributed by atoms with Gasteiger partial charge < -0.3 is 4.90 Å². The molecule has 2 heterocycles. The minimum Gasteiger partial charge on any atom is -0.344 e. The third kappa shape index (κ3) is 3.39. The van der Waals surface area contributed by atoms with Crippen molar-refractivity contribution in [3.8, 4) is 0 Å². The van der Waals surface area contributed by atoms with Crippen LogP contribution in [-0.2, 0) is 11.2 Å². The molecule has 1 amide bonds. The van der Waals surface area contributed by atoms with Crippen LogP contribution >= 0.6 is 0 Å². The van der Waals surface area contributed by atoms with E-state index in [0.29, 0.717) is 24.4 Å². The van der Waals surface area contributed by atoms with Crippen LogP contribution in [0.15, 0.2) is 18.6 Å². The second-order valence-corrected chi connectivity index (χ2v) is 6.10. The summed E-state index contributed by atoms with van der Waals surface area (Å²) in [6, 6.07) is 0.929. The molecule has 1 saturated carbocycles. The lowest BCUT2D eigenvalue weighted by molar-refractivity contribution is -0.129. The van der Waals surface area contributed by atoms with E-state index < -0.39 is 0 Å². The fraction of sp³-hybridized carbons (Fsp3) is 0.667. The highest BCUT2D eigenvalue weighted by Crippen LogP contribution is 2.30. The first-order valence-electron chi connectivity index (χ1n) is 7.74. The zero-order chi connectivity index (χ0) is 14.7. The zero-order valence-electron chi connectivity index (χ0n) is 12.5. The highest BCUT2D eigenvalue weighted by atomic mass is 16.2. The van der Waals surface area contributed by atoms with Crippen molar-refractivity contribution in [2.45, 2.75) is 44.2 Å². The first-order chi connectivity index (χ1) is 10.2. The third-order valence-corrected chi connectivity index (χ3v) is 4.64. The molecular formula is C15H23N5O. The molecule has 1 aliphatic heterocycles. The van der Waals surface area contributed by atoms with E-state index in [2.05, 4.69) is 20.8 Å². The number of likely N-dealkylation sites (N-methyl/N-ethyl adjacent to an activating group) is 1. The second kappa shape index (κ2) is 6.49. The number of nitrogens with zero attached hydrogens (tertiary/aromatic N) is 3. The van der Waals surface area contributed by atoms with Gasteiger partial charge in [0.25, 0.3) is 0 Å². The van der Waals surface area contributed by atoms with Gasteiger partial charge in [-0.3, -0.25) is 25.6 Å². The summed E-state index contributed by atoms with van der Waals surface area (Å²) in [5.41, 5.74) is 7.49. The first kappa shape index (κ1) is 14.4. The first-order valence-corrected chi connectivity index (χ1v) is 7.74. The topological polar surface area (TPSA) is 70.2 Å². The summed E-state index contributed by atoms with van der Waals surface area (Å²) in [6.07, 6.45) is 10.3. The number of hydrazine groups is 1. The lowest BCUT2D eigenvalue weighted by Crippen LogP contribution is -2.43. The van der Waals surface area contributed by atoms with Crippen molar-refractivity contribution in [1.29, 1.82) is 0 Å². The third-order valence-electron chi connectivity index (χ3n) is 4.64. The quantitative estimate of drug-likeness (QED) is 0.845. The Labute approximate surface area is 125 Å². The highest BCUT2D eigenvalue weighted by molar-refractivity contribution is 5.78. The Balaban J connectivity index is 1.53. The van der Waals surface area contributed by atoms with Crippen molar-refractivity contribution in [3.05, 3.63) is 24.3 Å². The Morgan fingerprint density at radius 3 is 3.00 bits per heavy atom. The maximum atomic E-state index is 12.3. The minimum atomic E-state index is 0.0940. The molecule has 0 aromatic carbocycles. The van der Waals surface area contributed by atoms with Crippen LogP contribution in [0.4, 0.5) is 0 Å². The Morgan fingerprint density at radius 2 is 2.19 bits per heavy atom. The van der Waals surface area contributed by atoms with Crippen LogP contribution in [0, 0.1) is 5.92 Å². The van der Waals surface area contributed by atoms with Crippen LogP contribution in [-0.4, -0.2) is 46.5 Å². The number of fused-ring (bicyclic) bond motifs is 1. The molecule has 2 fully saturated rings. The fourth-order valence-corrected chi connectivity index (χ4v) is 3.43. The Hall–Kier alpha value is -1.53. The van der Waals surface area contributed by atoms with Crippen LogP contribution in [0.2, 0.25) is 0 Å². The van der Waals surface area contributed by atoms with E-state index in [1.165, 1.54) is 25.7 Å². The summed E-state index contributed by atoms with van der Waals surface area (Å²) in [5.74, 6) is 0.738. The van der Waals surface area contributed by atoms with E-state index in [-0.39, 0.29) is 5.91 Å². The van der Waals surface area contributed by atoms with Gasteiger partial charge in [-0.25, -0.2) is 0 Å². The second-order valence-electron chi connectivity index (χ2n) is 6.10. The molecular weight excluding hydrogens is 266 g/mol. The Morgan fingerprint density at radius 1 is 1.33 bits per heavy atom. The monoisotopic (exact) mass is 289 g/mol. The van der Waals surface area contributed by atoms with Gasteiger partial charge in [-0.05, 0) is 18.8 Å². The van der Waals surface area contributed by atoms with Gasteiger partial charge in [0.15, 0.2) is 0 Å². The number of carbonyl (C=O) groups is 1. The molecule has 2 aliphatic rings. The van der Waals surface area contributed by atoms with Crippen LogP contribution in [0.3, 0.4) is 0 Å². The van der Waals surface area contributed by atoms with E-state index in [1.807, 2.05) is 11.9 Å². The molecule has 1 aliphatic carbocycles. The van der Waals surface area contributed by atoms with Gasteiger partial charge in [-0.2, -0.15) is 0 Å². The maximum absolute atomic E-state index is 12.3. The normalized spacial score (nSPS) is 28.1. The summed E-state index contributed by atoms with van der Waals surface area (Å²) in [4.78, 5) is 22.2. The lowest BCUT2D eigenvalue weighted by atomic mass is 9.81. The standard InChI is InChI=1S/C15H23N5O/c1-20(15(21)8-11-9-16-6-7-17-11)10-14-12-4-2-3-5-13(12)18-19-14/h6-7,9,12-14,18-19H,2-5,8,10H2,1H3. The number of rotatable bonds is 4. The molecule has 1 aromatic heterocycles. The van der Waals surface area contributed by atoms with Crippen LogP contribution in [0.5, 0.6) is 0 Å². The molecule has 3 unspecified atom stereocenters. The molecule has 1 saturated heterocycles. The van der Waals surface area contributed by atoms with Gasteiger partial charge in [0, 0.05) is 44.3 Å². The SMILES string of the molecule is CN(CC1NNC2CCCCC21)C(=O)Cc1cnccn1. The number of hydrogen-bond donors (Lipinski definition) is 2. The Kier molecular flexibility index (Phi) is 4.45. The predicted molar refractivity (Wildman–Crippen MR) is 79.2 cm³/mol. The van der Waals surface area contributed by atoms with Gasteiger partial charge in [-0.1, -0.05) is 12.8 Å². The molecule has 0 spiro atoms. The van der Waals surface area contributed by atoms with Crippen molar-refractivity contribution in [2.75, 3.05) is 13.6 Å². The molecule has 6 heteroatoms. The smallest absolute Gasteiger partial charge is 0.228 e. The van der Waals surface area contributed by atoms with Gasteiger partial charge in [0.1, 0.15) is 0 Å². The van der Waals surface area contributed by atoms with Gasteiger partial charge in [-0.15, -0.1) is 0 Å². The van der Waals surface area contributed by atoms with Crippen molar-refractivity contribution in [3.63, 3.8) is 0 Å². The minimum absolute atomic E-state index is 0.0940. The van der Waals surface area contributed by atoms with E-state index in [9.17, 15) is 4.79 Å². The predicted octanol–water partition coefficient (Wildman–Crippen LogP) is 0.513. The number of hydrogen-bond acceptors (Lipinski definition) is 5.